The number of hydrogen-bond acceptors (Lipinski definition) is 7. The Morgan fingerprint density at radius 1 is 1.17 bits per heavy atom. The number of ether oxygens (including phenoxy) is 2. The molecule has 3 N–H and O–H groups in total. The van der Waals surface area contributed by atoms with Crippen LogP contribution in [0, 0.1) is 12.7 Å². The van der Waals surface area contributed by atoms with E-state index in [0.717, 1.165) is 6.07 Å². The smallest absolute Gasteiger partial charge is 0.266 e. The van der Waals surface area contributed by atoms with E-state index in [0.29, 0.717) is 60.2 Å². The van der Waals surface area contributed by atoms with Gasteiger partial charge in [0.2, 0.25) is 0 Å². The quantitative estimate of drug-likeness (QED) is 0.499. The first kappa shape index (κ1) is 24.5. The summed E-state index contributed by atoms with van der Waals surface area (Å²) in [6.07, 6.45) is -3.00. The number of nitrogens with one attached hydrogen (secondary N) is 1. The number of rotatable bonds is 6. The zero-order chi connectivity index (χ0) is 25.3. The second-order valence-corrected chi connectivity index (χ2v) is 8.27. The number of benzene rings is 2. The predicted octanol–water partition coefficient (Wildman–Crippen LogP) is 4.25. The molecule has 1 atom stereocenters. The van der Waals surface area contributed by atoms with Gasteiger partial charge in [0.15, 0.2) is 0 Å². The summed E-state index contributed by atoms with van der Waals surface area (Å²) in [7, 11) is 1.45. The highest BCUT2D eigenvalue weighted by Crippen LogP contribution is 2.34. The highest BCUT2D eigenvalue weighted by atomic mass is 19.3. The van der Waals surface area contributed by atoms with Crippen LogP contribution in [0.25, 0.3) is 10.9 Å². The van der Waals surface area contributed by atoms with Crippen molar-refractivity contribution in [2.24, 2.45) is 0 Å². The number of amides is 1. The molecule has 3 aromatic rings. The minimum Gasteiger partial charge on any atom is -0.496 e. The number of nitrogen functional groups attached to an aromatic ring is 1. The Hall–Kier alpha value is -3.60. The summed E-state index contributed by atoms with van der Waals surface area (Å²) in [6.45, 7) is 5.16. The fourth-order valence-corrected chi connectivity index (χ4v) is 4.11. The molecule has 2 aromatic carbocycles. The number of hydrogen-bond donors (Lipinski definition) is 2. The Morgan fingerprint density at radius 3 is 2.51 bits per heavy atom. The molecule has 1 saturated heterocycles. The van der Waals surface area contributed by atoms with Crippen LogP contribution in [0.3, 0.4) is 0 Å². The molecule has 1 fully saturated rings. The van der Waals surface area contributed by atoms with Crippen LogP contribution in [0.1, 0.15) is 46.7 Å². The van der Waals surface area contributed by atoms with E-state index in [4.69, 9.17) is 15.2 Å². The Labute approximate surface area is 200 Å². The molecule has 11 heteroatoms. The van der Waals surface area contributed by atoms with Crippen LogP contribution in [-0.2, 0) is 4.74 Å². The average Bonchev–Trinajstić information content (AvgIpc) is 2.84. The Morgan fingerprint density at radius 2 is 1.86 bits per heavy atom. The lowest BCUT2D eigenvalue weighted by Gasteiger charge is -2.27. The number of aromatic nitrogens is 2. The molecule has 35 heavy (non-hydrogen) atoms. The number of carbonyl (C=O) groups is 1. The molecule has 0 unspecified atom stereocenters. The van der Waals surface area contributed by atoms with Crippen LogP contribution in [0.2, 0.25) is 0 Å². The van der Waals surface area contributed by atoms with Crippen molar-refractivity contribution in [2.75, 3.05) is 44.5 Å². The summed E-state index contributed by atoms with van der Waals surface area (Å²) in [5.41, 5.74) is 5.82. The first-order valence-corrected chi connectivity index (χ1v) is 11.1. The van der Waals surface area contributed by atoms with Gasteiger partial charge in [-0.25, -0.2) is 23.1 Å². The van der Waals surface area contributed by atoms with E-state index >= 15 is 0 Å². The number of anilines is 2. The molecule has 8 nitrogen and oxygen atoms in total. The van der Waals surface area contributed by atoms with Gasteiger partial charge in [-0.15, -0.1) is 0 Å². The van der Waals surface area contributed by atoms with Crippen molar-refractivity contribution in [2.45, 2.75) is 26.3 Å². The molecule has 1 amide bonds. The number of alkyl halides is 2. The molecule has 2 heterocycles. The number of morpholine rings is 1. The topological polar surface area (TPSA) is 103 Å². The second-order valence-electron chi connectivity index (χ2n) is 8.27. The molecular weight excluding hydrogens is 463 g/mol. The average molecular weight is 489 g/mol. The molecule has 1 aliphatic heterocycles. The second kappa shape index (κ2) is 9.95. The van der Waals surface area contributed by atoms with Gasteiger partial charge >= 0.3 is 0 Å². The molecule has 186 valence electrons. The Bertz CT molecular complexity index is 1270. The third-order valence-electron chi connectivity index (χ3n) is 5.86. The van der Waals surface area contributed by atoms with Gasteiger partial charge in [-0.1, -0.05) is 0 Å². The fourth-order valence-electron chi connectivity index (χ4n) is 4.11. The number of nitrogens with zero attached hydrogens (tertiary/aromatic N) is 3. The minimum absolute atomic E-state index is 0.0178. The number of halogens is 3. The van der Waals surface area contributed by atoms with E-state index in [1.807, 2.05) is 0 Å². The van der Waals surface area contributed by atoms with Gasteiger partial charge in [0.25, 0.3) is 12.3 Å². The van der Waals surface area contributed by atoms with Crippen molar-refractivity contribution in [3.8, 4) is 5.75 Å². The van der Waals surface area contributed by atoms with Crippen molar-refractivity contribution in [3.05, 3.63) is 52.6 Å². The van der Waals surface area contributed by atoms with Crippen molar-refractivity contribution < 1.29 is 27.4 Å². The van der Waals surface area contributed by atoms with E-state index in [1.54, 1.807) is 30.9 Å². The zero-order valence-corrected chi connectivity index (χ0v) is 19.6. The zero-order valence-electron chi connectivity index (χ0n) is 19.6. The summed E-state index contributed by atoms with van der Waals surface area (Å²) < 4.78 is 52.2. The maximum atomic E-state index is 14.8. The maximum absolute atomic E-state index is 14.8. The third kappa shape index (κ3) is 4.95. The molecular formula is C24H26F3N5O3. The molecule has 1 aliphatic rings. The largest absolute Gasteiger partial charge is 0.496 e. The van der Waals surface area contributed by atoms with Gasteiger partial charge in [0, 0.05) is 29.7 Å². The third-order valence-corrected chi connectivity index (χ3v) is 5.86. The lowest BCUT2D eigenvalue weighted by Crippen LogP contribution is -2.40. The minimum atomic E-state index is -3.00. The Balaban J connectivity index is 1.74. The maximum Gasteiger partial charge on any atom is 0.266 e. The van der Waals surface area contributed by atoms with Crippen LogP contribution in [0.4, 0.5) is 24.7 Å². The van der Waals surface area contributed by atoms with E-state index < -0.39 is 23.8 Å². The molecule has 0 saturated carbocycles. The Kier molecular flexibility index (Phi) is 6.97. The van der Waals surface area contributed by atoms with Crippen LogP contribution in [0.5, 0.6) is 5.75 Å². The number of nitrogens with two attached hydrogens (primary N) is 1. The first-order valence-electron chi connectivity index (χ1n) is 11.1. The van der Waals surface area contributed by atoms with Crippen LogP contribution in [0.15, 0.2) is 24.3 Å². The summed E-state index contributed by atoms with van der Waals surface area (Å²) in [4.78, 5) is 23.7. The molecule has 0 radical (unpaired) electrons. The predicted molar refractivity (Wildman–Crippen MR) is 125 cm³/mol. The van der Waals surface area contributed by atoms with Gasteiger partial charge < -0.3 is 25.4 Å². The molecule has 0 bridgehead atoms. The summed E-state index contributed by atoms with van der Waals surface area (Å²) >= 11 is 0. The first-order chi connectivity index (χ1) is 16.7. The lowest BCUT2D eigenvalue weighted by atomic mass is 10.0. The van der Waals surface area contributed by atoms with Crippen molar-refractivity contribution >= 4 is 28.3 Å². The van der Waals surface area contributed by atoms with Gasteiger partial charge in [0.05, 0.1) is 43.0 Å². The van der Waals surface area contributed by atoms with Crippen LogP contribution in [-0.4, -0.2) is 54.2 Å². The molecule has 0 aliphatic carbocycles. The SMILES string of the molecule is COc1cc2c(N[C@H](C)c3cc(N)cc(C(F)F)c3F)nc(C)nc2cc1C(=O)N1CCOCC1. The van der Waals surface area contributed by atoms with Crippen molar-refractivity contribution in [1.82, 2.24) is 14.9 Å². The van der Waals surface area contributed by atoms with E-state index in [9.17, 15) is 18.0 Å². The number of fused-ring (bicyclic) bond motifs is 1. The highest BCUT2D eigenvalue weighted by molar-refractivity contribution is 6.02. The monoisotopic (exact) mass is 489 g/mol. The van der Waals surface area contributed by atoms with Crippen LogP contribution < -0.4 is 15.8 Å². The summed E-state index contributed by atoms with van der Waals surface area (Å²) in [5, 5.41) is 3.60. The summed E-state index contributed by atoms with van der Waals surface area (Å²) in [6, 6.07) is 4.76. The normalized spacial score (nSPS) is 14.9. The molecule has 4 rings (SSSR count). The van der Waals surface area contributed by atoms with Gasteiger partial charge in [-0.2, -0.15) is 0 Å². The van der Waals surface area contributed by atoms with E-state index in [2.05, 4.69) is 15.3 Å². The molecule has 0 spiro atoms. The number of carbonyl (C=O) groups excluding carboxylic acids is 1. The highest BCUT2D eigenvalue weighted by Gasteiger charge is 2.25. The van der Waals surface area contributed by atoms with E-state index in [1.165, 1.54) is 13.2 Å². The standard InChI is InChI=1S/C24H26F3N5O3/c1-12(15-8-14(28)9-18(21(15)25)22(26)27)29-23-16-11-20(34-3)17(10-19(16)30-13(2)31-23)24(33)32-4-6-35-7-5-32/h8-12,22H,4-7,28H2,1-3H3,(H,29,30,31)/t12-/m1/s1. The van der Waals surface area contributed by atoms with Gasteiger partial charge in [-0.3, -0.25) is 4.79 Å². The number of aryl methyl sites for hydroxylation is 1. The molecule has 1 aromatic heterocycles. The van der Waals surface area contributed by atoms with E-state index in [-0.39, 0.29) is 17.2 Å². The van der Waals surface area contributed by atoms with Gasteiger partial charge in [0.1, 0.15) is 23.2 Å². The summed E-state index contributed by atoms with van der Waals surface area (Å²) in [5.74, 6) is -0.160. The van der Waals surface area contributed by atoms with Crippen molar-refractivity contribution in [3.63, 3.8) is 0 Å². The van der Waals surface area contributed by atoms with Crippen molar-refractivity contribution in [1.29, 1.82) is 0 Å². The van der Waals surface area contributed by atoms with Crippen LogP contribution >= 0.6 is 0 Å². The lowest BCUT2D eigenvalue weighted by molar-refractivity contribution is 0.0301. The number of methoxy groups -OCH3 is 1. The van der Waals surface area contributed by atoms with Gasteiger partial charge in [-0.05, 0) is 38.1 Å². The fraction of sp³-hybridized carbons (Fsp3) is 0.375.